The number of esters is 2. The standard InChI is InChI=1S/C46H87O8P/c1-3-5-7-9-11-13-15-17-19-21-23-25-27-29-31-33-35-37-39-41-46(48)54-44(43-53-55(49,50)51)42-52-45(47)40-38-36-34-32-30-28-26-24-22-20-18-16-14-12-10-8-6-4-2/h17,19-20,22,44H,3-16,18,21,23-43H2,1-2H3,(H2,49,50,51)/b19-17-,22-20-. The van der Waals surface area contributed by atoms with Crippen LogP contribution in [0.2, 0.25) is 0 Å². The lowest BCUT2D eigenvalue weighted by Gasteiger charge is -2.18. The van der Waals surface area contributed by atoms with Gasteiger partial charge in [-0.1, -0.05) is 186 Å². The van der Waals surface area contributed by atoms with Crippen molar-refractivity contribution in [3.8, 4) is 0 Å². The van der Waals surface area contributed by atoms with Gasteiger partial charge in [-0.25, -0.2) is 4.57 Å². The van der Waals surface area contributed by atoms with Gasteiger partial charge in [0.05, 0.1) is 6.61 Å². The van der Waals surface area contributed by atoms with Crippen LogP contribution in [0.15, 0.2) is 24.3 Å². The summed E-state index contributed by atoms with van der Waals surface area (Å²) in [4.78, 5) is 43.0. The molecule has 0 aromatic rings. The van der Waals surface area contributed by atoms with Gasteiger partial charge in [-0.2, -0.15) is 0 Å². The van der Waals surface area contributed by atoms with Gasteiger partial charge in [0, 0.05) is 12.8 Å². The molecule has 0 aliphatic carbocycles. The van der Waals surface area contributed by atoms with E-state index in [4.69, 9.17) is 19.3 Å². The van der Waals surface area contributed by atoms with E-state index in [1.54, 1.807) is 0 Å². The summed E-state index contributed by atoms with van der Waals surface area (Å²) >= 11 is 0. The molecule has 0 aromatic carbocycles. The van der Waals surface area contributed by atoms with Gasteiger partial charge in [0.1, 0.15) is 6.61 Å². The summed E-state index contributed by atoms with van der Waals surface area (Å²) in [5.41, 5.74) is 0. The largest absolute Gasteiger partial charge is 0.469 e. The number of hydrogen-bond donors (Lipinski definition) is 2. The normalized spacial score (nSPS) is 12.6. The molecule has 0 aromatic heterocycles. The molecule has 0 aliphatic heterocycles. The highest BCUT2D eigenvalue weighted by molar-refractivity contribution is 7.46. The van der Waals surface area contributed by atoms with Gasteiger partial charge in [0.25, 0.3) is 0 Å². The molecule has 0 radical (unpaired) electrons. The quantitative estimate of drug-likeness (QED) is 0.0271. The van der Waals surface area contributed by atoms with E-state index in [9.17, 15) is 14.2 Å². The van der Waals surface area contributed by atoms with Crippen molar-refractivity contribution in [2.45, 2.75) is 245 Å². The van der Waals surface area contributed by atoms with Gasteiger partial charge in [-0.15, -0.1) is 0 Å². The average Bonchev–Trinajstić information content (AvgIpc) is 3.16. The van der Waals surface area contributed by atoms with Crippen LogP contribution < -0.4 is 0 Å². The molecule has 0 amide bonds. The minimum absolute atomic E-state index is 0.211. The molecule has 8 nitrogen and oxygen atoms in total. The predicted octanol–water partition coefficient (Wildman–Crippen LogP) is 14.4. The fourth-order valence-electron chi connectivity index (χ4n) is 6.72. The Balaban J connectivity index is 3.86. The van der Waals surface area contributed by atoms with Gasteiger partial charge in [0.2, 0.25) is 0 Å². The van der Waals surface area contributed by atoms with Crippen LogP contribution in [-0.4, -0.2) is 41.0 Å². The molecule has 0 spiro atoms. The lowest BCUT2D eigenvalue weighted by molar-refractivity contribution is -0.161. The third-order valence-electron chi connectivity index (χ3n) is 10.2. The van der Waals surface area contributed by atoms with Crippen LogP contribution in [0.3, 0.4) is 0 Å². The number of ether oxygens (including phenoxy) is 2. The fraction of sp³-hybridized carbons (Fsp3) is 0.870. The Bertz CT molecular complexity index is 946. The zero-order valence-corrected chi connectivity index (χ0v) is 36.7. The minimum atomic E-state index is -4.76. The number of rotatable bonds is 43. The van der Waals surface area contributed by atoms with Crippen molar-refractivity contribution in [1.29, 1.82) is 0 Å². The number of unbranched alkanes of at least 4 members (excludes halogenated alkanes) is 29. The van der Waals surface area contributed by atoms with E-state index in [0.717, 1.165) is 51.4 Å². The summed E-state index contributed by atoms with van der Waals surface area (Å²) in [6.45, 7) is 3.70. The van der Waals surface area contributed by atoms with E-state index in [1.807, 2.05) is 0 Å². The molecule has 1 unspecified atom stereocenters. The Morgan fingerprint density at radius 2 is 0.764 bits per heavy atom. The molecule has 1 atom stereocenters. The molecular weight excluding hydrogens is 711 g/mol. The zero-order chi connectivity index (χ0) is 40.3. The maximum absolute atomic E-state index is 12.4. The summed E-state index contributed by atoms with van der Waals surface area (Å²) in [5, 5.41) is 0. The van der Waals surface area contributed by atoms with Crippen LogP contribution in [-0.2, 0) is 28.2 Å². The Kier molecular flexibility index (Phi) is 41.0. The van der Waals surface area contributed by atoms with Crippen LogP contribution >= 0.6 is 7.82 Å². The van der Waals surface area contributed by atoms with E-state index in [0.29, 0.717) is 6.42 Å². The van der Waals surface area contributed by atoms with Crippen molar-refractivity contribution >= 4 is 19.8 Å². The highest BCUT2D eigenvalue weighted by Crippen LogP contribution is 2.36. The van der Waals surface area contributed by atoms with E-state index in [1.165, 1.54) is 154 Å². The van der Waals surface area contributed by atoms with E-state index in [-0.39, 0.29) is 19.4 Å². The molecule has 0 saturated carbocycles. The van der Waals surface area contributed by atoms with Crippen molar-refractivity contribution in [2.75, 3.05) is 13.2 Å². The summed E-state index contributed by atoms with van der Waals surface area (Å²) in [6, 6.07) is 0. The number of carbonyl (C=O) groups is 2. The second-order valence-electron chi connectivity index (χ2n) is 15.7. The van der Waals surface area contributed by atoms with Crippen LogP contribution in [0.5, 0.6) is 0 Å². The Morgan fingerprint density at radius 1 is 0.455 bits per heavy atom. The number of phosphoric acid groups is 1. The maximum Gasteiger partial charge on any atom is 0.469 e. The van der Waals surface area contributed by atoms with Crippen molar-refractivity contribution < 1.29 is 37.9 Å². The molecule has 0 aliphatic rings. The first-order valence-corrected chi connectivity index (χ1v) is 24.7. The second kappa shape index (κ2) is 42.1. The molecule has 55 heavy (non-hydrogen) atoms. The first-order chi connectivity index (χ1) is 26.8. The lowest BCUT2D eigenvalue weighted by Crippen LogP contribution is -2.29. The summed E-state index contributed by atoms with van der Waals surface area (Å²) in [6.07, 6.45) is 49.0. The van der Waals surface area contributed by atoms with Crippen LogP contribution in [0.1, 0.15) is 239 Å². The van der Waals surface area contributed by atoms with E-state index >= 15 is 0 Å². The number of allylic oxidation sites excluding steroid dienone is 4. The van der Waals surface area contributed by atoms with Crippen molar-refractivity contribution in [3.05, 3.63) is 24.3 Å². The minimum Gasteiger partial charge on any atom is -0.462 e. The van der Waals surface area contributed by atoms with E-state index < -0.39 is 32.5 Å². The number of hydrogen-bond acceptors (Lipinski definition) is 6. The van der Waals surface area contributed by atoms with Crippen molar-refractivity contribution in [1.82, 2.24) is 0 Å². The van der Waals surface area contributed by atoms with Gasteiger partial charge in [-0.05, 0) is 64.2 Å². The number of carbonyl (C=O) groups excluding carboxylic acids is 2. The third-order valence-corrected chi connectivity index (χ3v) is 10.7. The Hall–Kier alpha value is -1.47. The fourth-order valence-corrected chi connectivity index (χ4v) is 7.08. The monoisotopic (exact) mass is 799 g/mol. The SMILES string of the molecule is CCCCCCCC/C=C\CCCCCCCCCCCC(=O)OC(COC(=O)CCCCCCCCC/C=C\CCCCCCCCC)COP(=O)(O)O. The average molecular weight is 799 g/mol. The Morgan fingerprint density at radius 3 is 1.11 bits per heavy atom. The predicted molar refractivity (Wildman–Crippen MR) is 230 cm³/mol. The van der Waals surface area contributed by atoms with Crippen molar-refractivity contribution in [3.63, 3.8) is 0 Å². The molecule has 0 heterocycles. The van der Waals surface area contributed by atoms with Gasteiger partial charge in [-0.3, -0.25) is 14.1 Å². The third kappa shape index (κ3) is 45.1. The maximum atomic E-state index is 12.4. The molecular formula is C46H87O8P. The molecule has 0 saturated heterocycles. The van der Waals surface area contributed by atoms with Gasteiger partial charge in [0.15, 0.2) is 6.10 Å². The topological polar surface area (TPSA) is 119 Å². The second-order valence-corrected chi connectivity index (χ2v) is 17.0. The summed E-state index contributed by atoms with van der Waals surface area (Å²) in [5.74, 6) is -0.882. The molecule has 0 fully saturated rings. The Labute approximate surface area is 339 Å². The van der Waals surface area contributed by atoms with Crippen LogP contribution in [0, 0.1) is 0 Å². The van der Waals surface area contributed by atoms with Gasteiger partial charge >= 0.3 is 19.8 Å². The first kappa shape index (κ1) is 53.5. The molecule has 0 rings (SSSR count). The van der Waals surface area contributed by atoms with Crippen molar-refractivity contribution in [2.24, 2.45) is 0 Å². The van der Waals surface area contributed by atoms with Crippen LogP contribution in [0.25, 0.3) is 0 Å². The summed E-state index contributed by atoms with van der Waals surface area (Å²) < 4.78 is 26.5. The zero-order valence-electron chi connectivity index (χ0n) is 35.8. The van der Waals surface area contributed by atoms with Crippen LogP contribution in [0.4, 0.5) is 0 Å². The highest BCUT2D eigenvalue weighted by atomic mass is 31.2. The molecule has 0 bridgehead atoms. The first-order valence-electron chi connectivity index (χ1n) is 23.1. The molecule has 2 N–H and O–H groups in total. The number of phosphoric ester groups is 1. The van der Waals surface area contributed by atoms with Gasteiger partial charge < -0.3 is 19.3 Å². The highest BCUT2D eigenvalue weighted by Gasteiger charge is 2.23. The molecule has 324 valence electrons. The summed E-state index contributed by atoms with van der Waals surface area (Å²) in [7, 11) is -4.76. The molecule has 9 heteroatoms. The van der Waals surface area contributed by atoms with E-state index in [2.05, 4.69) is 42.7 Å². The smallest absolute Gasteiger partial charge is 0.462 e. The lowest BCUT2D eigenvalue weighted by atomic mass is 10.1.